The van der Waals surface area contributed by atoms with Gasteiger partial charge in [-0.15, -0.1) is 0 Å². The molecule has 0 N–H and O–H groups in total. The number of nitrogens with zero attached hydrogens (tertiary/aromatic N) is 2. The second-order valence-corrected chi connectivity index (χ2v) is 7.86. The molecule has 1 aliphatic heterocycles. The number of carbonyl (C=O) groups excluding carboxylic acids is 1. The molecule has 3 aromatic carbocycles. The lowest BCUT2D eigenvalue weighted by molar-refractivity contribution is -0.114. The van der Waals surface area contributed by atoms with Gasteiger partial charge in [0, 0.05) is 4.47 Å². The van der Waals surface area contributed by atoms with Crippen molar-refractivity contribution in [2.45, 2.75) is 12.8 Å². The van der Waals surface area contributed by atoms with Gasteiger partial charge in [-0.25, -0.2) is 0 Å². The molecule has 1 aliphatic rings. The van der Waals surface area contributed by atoms with Crippen molar-refractivity contribution in [3.8, 4) is 5.75 Å². The molecule has 1 amide bonds. The predicted molar refractivity (Wildman–Crippen MR) is 120 cm³/mol. The Bertz CT molecular complexity index is 1170. The molecule has 0 unspecified atom stereocenters. The van der Waals surface area contributed by atoms with E-state index in [1.807, 2.05) is 24.3 Å². The number of carbonyl (C=O) groups is 1. The maximum atomic E-state index is 13.6. The second kappa shape index (κ2) is 9.00. The van der Waals surface area contributed by atoms with Crippen LogP contribution in [0.2, 0.25) is 0 Å². The van der Waals surface area contributed by atoms with Gasteiger partial charge in [-0.05, 0) is 53.6 Å². The molecule has 0 radical (unpaired) electrons. The van der Waals surface area contributed by atoms with Crippen molar-refractivity contribution in [3.05, 3.63) is 100 Å². The second-order valence-electron chi connectivity index (χ2n) is 6.94. The quantitative estimate of drug-likeness (QED) is 0.381. The molecule has 0 fully saturated rings. The van der Waals surface area contributed by atoms with Gasteiger partial charge in [-0.1, -0.05) is 58.4 Å². The van der Waals surface area contributed by atoms with Crippen LogP contribution in [0.15, 0.2) is 94.0 Å². The zero-order valence-electron chi connectivity index (χ0n) is 16.5. The number of anilines is 1. The molecule has 1 heterocycles. The van der Waals surface area contributed by atoms with Crippen LogP contribution in [0.1, 0.15) is 11.1 Å². The number of alkyl halides is 3. The molecular weight excluding hydrogens is 485 g/mol. The van der Waals surface area contributed by atoms with E-state index in [9.17, 15) is 18.0 Å². The molecule has 0 aromatic heterocycles. The van der Waals surface area contributed by atoms with Crippen molar-refractivity contribution in [2.75, 3.05) is 5.01 Å². The van der Waals surface area contributed by atoms with Crippen molar-refractivity contribution in [1.82, 2.24) is 0 Å². The molecule has 0 bridgehead atoms. The van der Waals surface area contributed by atoms with Crippen LogP contribution in [0, 0.1) is 0 Å². The number of benzene rings is 3. The van der Waals surface area contributed by atoms with Gasteiger partial charge in [0.1, 0.15) is 12.4 Å². The standard InChI is InChI=1S/C24H16BrF3N2O2/c25-18-10-6-17(7-11-18)15-32-20-12-8-16(9-13-20)14-21-22(24(26,27)28)29-30(23(21)31)19-4-2-1-3-5-19/h1-14H,15H2/b21-14-. The minimum Gasteiger partial charge on any atom is -0.489 e. The van der Waals surface area contributed by atoms with Gasteiger partial charge < -0.3 is 4.74 Å². The minimum atomic E-state index is -4.77. The third-order valence-electron chi connectivity index (χ3n) is 4.66. The van der Waals surface area contributed by atoms with Crippen LogP contribution in [0.5, 0.6) is 5.75 Å². The van der Waals surface area contributed by atoms with Crippen LogP contribution in [0.4, 0.5) is 18.9 Å². The number of para-hydroxylation sites is 1. The van der Waals surface area contributed by atoms with Gasteiger partial charge in [0.2, 0.25) is 0 Å². The van der Waals surface area contributed by atoms with Crippen molar-refractivity contribution in [1.29, 1.82) is 0 Å². The van der Waals surface area contributed by atoms with E-state index < -0.39 is 23.4 Å². The summed E-state index contributed by atoms with van der Waals surface area (Å²) in [5.74, 6) is -0.275. The van der Waals surface area contributed by atoms with Gasteiger partial charge in [-0.2, -0.15) is 23.3 Å². The molecule has 3 aromatic rings. The Morgan fingerprint density at radius 3 is 2.22 bits per heavy atom. The van der Waals surface area contributed by atoms with Crippen molar-refractivity contribution in [3.63, 3.8) is 0 Å². The highest BCUT2D eigenvalue weighted by Crippen LogP contribution is 2.32. The third kappa shape index (κ3) is 4.91. The number of halogens is 4. The molecule has 0 saturated heterocycles. The summed E-state index contributed by atoms with van der Waals surface area (Å²) in [6.45, 7) is 0.350. The lowest BCUT2D eigenvalue weighted by Crippen LogP contribution is -2.25. The fraction of sp³-hybridized carbons (Fsp3) is 0.0833. The maximum absolute atomic E-state index is 13.6. The summed E-state index contributed by atoms with van der Waals surface area (Å²) in [7, 11) is 0. The minimum absolute atomic E-state index is 0.263. The molecule has 32 heavy (non-hydrogen) atoms. The SMILES string of the molecule is O=C1/C(=C\c2ccc(OCc3ccc(Br)cc3)cc2)C(C(F)(F)F)=NN1c1ccccc1. The van der Waals surface area contributed by atoms with E-state index in [1.165, 1.54) is 18.2 Å². The molecule has 0 saturated carbocycles. The zero-order valence-corrected chi connectivity index (χ0v) is 18.1. The summed E-state index contributed by atoms with van der Waals surface area (Å²) in [6, 6.07) is 22.1. The Kier molecular flexibility index (Phi) is 6.14. The molecule has 0 atom stereocenters. The van der Waals surface area contributed by atoms with Crippen LogP contribution >= 0.6 is 15.9 Å². The molecule has 8 heteroatoms. The largest absolute Gasteiger partial charge is 0.489 e. The van der Waals surface area contributed by atoms with E-state index in [0.717, 1.165) is 15.0 Å². The summed E-state index contributed by atoms with van der Waals surface area (Å²) in [5.41, 5.74) is -0.0645. The van der Waals surface area contributed by atoms with Crippen molar-refractivity contribution < 1.29 is 22.7 Å². The van der Waals surface area contributed by atoms with Crippen molar-refractivity contribution in [2.24, 2.45) is 5.10 Å². The lowest BCUT2D eigenvalue weighted by Gasteiger charge is -2.11. The van der Waals surface area contributed by atoms with E-state index in [1.54, 1.807) is 42.5 Å². The van der Waals surface area contributed by atoms with Crippen LogP contribution in [-0.2, 0) is 11.4 Å². The highest BCUT2D eigenvalue weighted by molar-refractivity contribution is 9.10. The Hall–Kier alpha value is -3.39. The van der Waals surface area contributed by atoms with E-state index in [4.69, 9.17) is 4.74 Å². The lowest BCUT2D eigenvalue weighted by atomic mass is 10.1. The monoisotopic (exact) mass is 500 g/mol. The number of hydrogen-bond donors (Lipinski definition) is 0. The first-order chi connectivity index (χ1) is 15.3. The average Bonchev–Trinajstić information content (AvgIpc) is 3.11. The first kappa shape index (κ1) is 21.8. The third-order valence-corrected chi connectivity index (χ3v) is 5.19. The van der Waals surface area contributed by atoms with E-state index >= 15 is 0 Å². The van der Waals surface area contributed by atoms with Gasteiger partial charge >= 0.3 is 6.18 Å². The number of amides is 1. The number of hydrazone groups is 1. The Labute approximate surface area is 190 Å². The molecule has 4 rings (SSSR count). The molecule has 4 nitrogen and oxygen atoms in total. The summed E-state index contributed by atoms with van der Waals surface area (Å²) in [5, 5.41) is 4.32. The van der Waals surface area contributed by atoms with Gasteiger partial charge in [-0.3, -0.25) is 4.79 Å². The summed E-state index contributed by atoms with van der Waals surface area (Å²) < 4.78 is 47.3. The van der Waals surface area contributed by atoms with Crippen LogP contribution < -0.4 is 9.75 Å². The Morgan fingerprint density at radius 2 is 1.59 bits per heavy atom. The molecular formula is C24H16BrF3N2O2. The predicted octanol–water partition coefficient (Wildman–Crippen LogP) is 6.38. The smallest absolute Gasteiger partial charge is 0.435 e. The summed E-state index contributed by atoms with van der Waals surface area (Å²) in [6.07, 6.45) is -3.57. The van der Waals surface area contributed by atoms with E-state index in [-0.39, 0.29) is 5.69 Å². The Morgan fingerprint density at radius 1 is 0.938 bits per heavy atom. The van der Waals surface area contributed by atoms with Crippen LogP contribution in [0.25, 0.3) is 6.08 Å². The fourth-order valence-electron chi connectivity index (χ4n) is 3.07. The van der Waals surface area contributed by atoms with Gasteiger partial charge in [0.25, 0.3) is 5.91 Å². The summed E-state index contributed by atoms with van der Waals surface area (Å²) in [4.78, 5) is 12.7. The first-order valence-corrected chi connectivity index (χ1v) is 10.4. The van der Waals surface area contributed by atoms with Crippen molar-refractivity contribution >= 4 is 39.3 Å². The number of ether oxygens (including phenoxy) is 1. The fourth-order valence-corrected chi connectivity index (χ4v) is 3.34. The summed E-state index contributed by atoms with van der Waals surface area (Å²) >= 11 is 3.37. The highest BCUT2D eigenvalue weighted by Gasteiger charge is 2.46. The normalized spacial score (nSPS) is 15.2. The zero-order chi connectivity index (χ0) is 22.7. The first-order valence-electron chi connectivity index (χ1n) is 9.56. The Balaban J connectivity index is 1.54. The molecule has 162 valence electrons. The molecule has 0 spiro atoms. The number of rotatable bonds is 5. The number of hydrogen-bond acceptors (Lipinski definition) is 3. The van der Waals surface area contributed by atoms with Crippen LogP contribution in [-0.4, -0.2) is 17.8 Å². The van der Waals surface area contributed by atoms with Gasteiger partial charge in [0.15, 0.2) is 5.71 Å². The average molecular weight is 501 g/mol. The molecule has 0 aliphatic carbocycles. The van der Waals surface area contributed by atoms with Crippen LogP contribution in [0.3, 0.4) is 0 Å². The topological polar surface area (TPSA) is 41.9 Å². The van der Waals surface area contributed by atoms with E-state index in [0.29, 0.717) is 17.9 Å². The maximum Gasteiger partial charge on any atom is 0.435 e. The highest BCUT2D eigenvalue weighted by atomic mass is 79.9. The van der Waals surface area contributed by atoms with E-state index in [2.05, 4.69) is 21.0 Å². The van der Waals surface area contributed by atoms with Gasteiger partial charge in [0.05, 0.1) is 11.3 Å².